The fourth-order valence-electron chi connectivity index (χ4n) is 5.19. The minimum absolute atomic E-state index is 0.107. The van der Waals surface area contributed by atoms with Gasteiger partial charge in [-0.2, -0.15) is 0 Å². The Bertz CT molecular complexity index is 509. The van der Waals surface area contributed by atoms with Crippen LogP contribution in [0.4, 0.5) is 4.39 Å². The van der Waals surface area contributed by atoms with Gasteiger partial charge in [0.2, 0.25) is 0 Å². The number of hydrogen-bond acceptors (Lipinski definition) is 2. The molecular weight excluding hydrogens is 275 g/mol. The molecule has 0 unspecified atom stereocenters. The number of halogens is 1. The molecule has 120 valence electrons. The number of nitrogens with zero attached hydrogens (tertiary/aromatic N) is 1. The average molecular weight is 302 g/mol. The lowest BCUT2D eigenvalue weighted by Gasteiger charge is -2.40. The van der Waals surface area contributed by atoms with Crippen molar-refractivity contribution in [1.29, 1.82) is 0 Å². The van der Waals surface area contributed by atoms with Crippen LogP contribution in [-0.2, 0) is 5.54 Å². The topological polar surface area (TPSA) is 15.3 Å². The van der Waals surface area contributed by atoms with E-state index in [4.69, 9.17) is 0 Å². The molecule has 3 aliphatic rings. The molecule has 2 saturated carbocycles. The zero-order valence-electron chi connectivity index (χ0n) is 13.4. The first kappa shape index (κ1) is 14.6. The van der Waals surface area contributed by atoms with E-state index in [0.29, 0.717) is 0 Å². The molecule has 0 aromatic heterocycles. The van der Waals surface area contributed by atoms with Gasteiger partial charge in [-0.1, -0.05) is 18.6 Å². The van der Waals surface area contributed by atoms with E-state index >= 15 is 0 Å². The lowest BCUT2D eigenvalue weighted by atomic mass is 9.75. The third-order valence-electron chi connectivity index (χ3n) is 6.28. The molecule has 0 radical (unpaired) electrons. The minimum Gasteiger partial charge on any atom is -0.306 e. The molecule has 2 bridgehead atoms. The van der Waals surface area contributed by atoms with Gasteiger partial charge < -0.3 is 10.2 Å². The Hall–Kier alpha value is -0.930. The highest BCUT2D eigenvalue weighted by molar-refractivity contribution is 5.29. The van der Waals surface area contributed by atoms with Crippen molar-refractivity contribution in [3.05, 3.63) is 35.6 Å². The van der Waals surface area contributed by atoms with Crippen molar-refractivity contribution in [2.45, 2.75) is 44.1 Å². The predicted octanol–water partition coefficient (Wildman–Crippen LogP) is 3.53. The molecule has 3 atom stereocenters. The summed E-state index contributed by atoms with van der Waals surface area (Å²) in [6.45, 7) is 4.73. The molecule has 1 N–H and O–H groups in total. The van der Waals surface area contributed by atoms with E-state index in [2.05, 4.69) is 10.2 Å². The molecule has 2 aliphatic carbocycles. The molecule has 1 aromatic rings. The summed E-state index contributed by atoms with van der Waals surface area (Å²) >= 11 is 0. The Morgan fingerprint density at radius 3 is 2.55 bits per heavy atom. The summed E-state index contributed by atoms with van der Waals surface area (Å²) in [5.41, 5.74) is 1.42. The molecule has 3 fully saturated rings. The first-order valence-electron chi connectivity index (χ1n) is 9.00. The summed E-state index contributed by atoms with van der Waals surface area (Å²) < 4.78 is 13.3. The molecule has 1 saturated heterocycles. The van der Waals surface area contributed by atoms with E-state index in [1.165, 1.54) is 57.2 Å². The standard InChI is InChI=1S/C19H27FN2/c20-18-7-5-16(6-8-18)19(14-15-3-4-17(19)13-15)21-9-12-22-10-1-2-11-22/h5-8,15,17,21H,1-4,9-14H2/t15-,17+,19+/m0/s1. The number of likely N-dealkylation sites (tertiary alicyclic amines) is 1. The summed E-state index contributed by atoms with van der Waals surface area (Å²) in [6, 6.07) is 7.29. The quantitative estimate of drug-likeness (QED) is 0.895. The van der Waals surface area contributed by atoms with Crippen molar-refractivity contribution in [2.24, 2.45) is 11.8 Å². The van der Waals surface area contributed by atoms with Crippen LogP contribution in [0.2, 0.25) is 0 Å². The first-order chi connectivity index (χ1) is 10.8. The van der Waals surface area contributed by atoms with Gasteiger partial charge in [-0.15, -0.1) is 0 Å². The third kappa shape index (κ3) is 2.59. The van der Waals surface area contributed by atoms with Gasteiger partial charge in [-0.05, 0) is 74.7 Å². The number of hydrogen-bond donors (Lipinski definition) is 1. The van der Waals surface area contributed by atoms with E-state index in [1.54, 1.807) is 12.1 Å². The van der Waals surface area contributed by atoms with Crippen LogP contribution in [0.25, 0.3) is 0 Å². The van der Waals surface area contributed by atoms with Crippen LogP contribution in [-0.4, -0.2) is 31.1 Å². The molecule has 1 aromatic carbocycles. The number of fused-ring (bicyclic) bond motifs is 2. The van der Waals surface area contributed by atoms with Crippen molar-refractivity contribution in [2.75, 3.05) is 26.2 Å². The molecular formula is C19H27FN2. The van der Waals surface area contributed by atoms with Crippen LogP contribution in [0, 0.1) is 17.7 Å². The number of rotatable bonds is 5. The first-order valence-corrected chi connectivity index (χ1v) is 9.00. The Balaban J connectivity index is 1.50. The minimum atomic E-state index is -0.126. The van der Waals surface area contributed by atoms with Gasteiger partial charge in [0.15, 0.2) is 0 Å². The summed E-state index contributed by atoms with van der Waals surface area (Å²) in [5, 5.41) is 3.93. The maximum atomic E-state index is 13.3. The van der Waals surface area contributed by atoms with Gasteiger partial charge in [0.05, 0.1) is 0 Å². The molecule has 1 aliphatic heterocycles. The predicted molar refractivity (Wildman–Crippen MR) is 87.2 cm³/mol. The molecule has 1 heterocycles. The molecule has 4 rings (SSSR count). The Morgan fingerprint density at radius 1 is 1.14 bits per heavy atom. The largest absolute Gasteiger partial charge is 0.306 e. The molecule has 22 heavy (non-hydrogen) atoms. The second-order valence-electron chi connectivity index (χ2n) is 7.53. The van der Waals surface area contributed by atoms with Crippen LogP contribution < -0.4 is 5.32 Å². The van der Waals surface area contributed by atoms with Crippen molar-refractivity contribution in [3.8, 4) is 0 Å². The highest BCUT2D eigenvalue weighted by atomic mass is 19.1. The maximum Gasteiger partial charge on any atom is 0.123 e. The fraction of sp³-hybridized carbons (Fsp3) is 0.684. The zero-order chi connectivity index (χ0) is 15.0. The maximum absolute atomic E-state index is 13.3. The van der Waals surface area contributed by atoms with Gasteiger partial charge in [0.25, 0.3) is 0 Å². The van der Waals surface area contributed by atoms with E-state index in [-0.39, 0.29) is 11.4 Å². The second kappa shape index (κ2) is 5.93. The Kier molecular flexibility index (Phi) is 3.95. The summed E-state index contributed by atoms with van der Waals surface area (Å²) in [5.74, 6) is 1.48. The van der Waals surface area contributed by atoms with Crippen LogP contribution >= 0.6 is 0 Å². The van der Waals surface area contributed by atoms with Crippen molar-refractivity contribution >= 4 is 0 Å². The third-order valence-corrected chi connectivity index (χ3v) is 6.28. The van der Waals surface area contributed by atoms with E-state index in [1.807, 2.05) is 12.1 Å². The molecule has 0 amide bonds. The average Bonchev–Trinajstić information content (AvgIpc) is 3.25. The summed E-state index contributed by atoms with van der Waals surface area (Å²) in [4.78, 5) is 2.57. The van der Waals surface area contributed by atoms with E-state index < -0.39 is 0 Å². The van der Waals surface area contributed by atoms with E-state index in [0.717, 1.165) is 24.9 Å². The highest BCUT2D eigenvalue weighted by Gasteiger charge is 2.51. The molecule has 0 spiro atoms. The Labute approximate surface area is 133 Å². The molecule has 2 nitrogen and oxygen atoms in total. The van der Waals surface area contributed by atoms with Crippen LogP contribution in [0.15, 0.2) is 24.3 Å². The van der Waals surface area contributed by atoms with E-state index in [9.17, 15) is 4.39 Å². The lowest BCUT2D eigenvalue weighted by Crippen LogP contribution is -2.49. The number of nitrogens with one attached hydrogen (secondary N) is 1. The van der Waals surface area contributed by atoms with Crippen LogP contribution in [0.3, 0.4) is 0 Å². The van der Waals surface area contributed by atoms with Crippen LogP contribution in [0.1, 0.15) is 44.1 Å². The highest BCUT2D eigenvalue weighted by Crippen LogP contribution is 2.55. The van der Waals surface area contributed by atoms with Gasteiger partial charge in [-0.3, -0.25) is 0 Å². The lowest BCUT2D eigenvalue weighted by molar-refractivity contribution is 0.198. The smallest absolute Gasteiger partial charge is 0.123 e. The van der Waals surface area contributed by atoms with Crippen molar-refractivity contribution in [1.82, 2.24) is 10.2 Å². The van der Waals surface area contributed by atoms with Crippen molar-refractivity contribution < 1.29 is 4.39 Å². The normalized spacial score (nSPS) is 34.6. The Morgan fingerprint density at radius 2 is 1.91 bits per heavy atom. The van der Waals surface area contributed by atoms with Gasteiger partial charge in [0.1, 0.15) is 5.82 Å². The molecule has 3 heteroatoms. The zero-order valence-corrected chi connectivity index (χ0v) is 13.4. The summed E-state index contributed by atoms with van der Waals surface area (Å²) in [6.07, 6.45) is 8.03. The van der Waals surface area contributed by atoms with Crippen molar-refractivity contribution in [3.63, 3.8) is 0 Å². The fourth-order valence-corrected chi connectivity index (χ4v) is 5.19. The van der Waals surface area contributed by atoms with Gasteiger partial charge >= 0.3 is 0 Å². The van der Waals surface area contributed by atoms with Gasteiger partial charge in [-0.25, -0.2) is 4.39 Å². The SMILES string of the molecule is Fc1ccc([C@]2(NCCN3CCCC3)C[C@H]3CC[C@@H]2C3)cc1. The van der Waals surface area contributed by atoms with Crippen LogP contribution in [0.5, 0.6) is 0 Å². The number of benzene rings is 1. The monoisotopic (exact) mass is 302 g/mol. The van der Waals surface area contributed by atoms with Gasteiger partial charge in [0, 0.05) is 18.6 Å². The second-order valence-corrected chi connectivity index (χ2v) is 7.53. The summed E-state index contributed by atoms with van der Waals surface area (Å²) in [7, 11) is 0.